The van der Waals surface area contributed by atoms with E-state index in [-0.39, 0.29) is 5.91 Å². The maximum absolute atomic E-state index is 12.9. The van der Waals surface area contributed by atoms with Crippen molar-refractivity contribution < 1.29 is 4.79 Å². The molecule has 1 aliphatic carbocycles. The summed E-state index contributed by atoms with van der Waals surface area (Å²) in [5.74, 6) is 7.85. The number of hydrogen-bond donors (Lipinski definition) is 1. The number of carbonyl (C=O) groups excluding carboxylic acids is 1. The first-order valence-electron chi connectivity index (χ1n) is 9.71. The molecule has 2 unspecified atom stereocenters. The Morgan fingerprint density at radius 3 is 2.78 bits per heavy atom. The van der Waals surface area contributed by atoms with Gasteiger partial charge in [-0.2, -0.15) is 5.10 Å². The van der Waals surface area contributed by atoms with Gasteiger partial charge in [0.15, 0.2) is 0 Å². The van der Waals surface area contributed by atoms with Crippen LogP contribution in [0.2, 0.25) is 0 Å². The molecule has 2 aliphatic rings. The number of aryl methyl sites for hydroxylation is 2. The standard InChI is InChI=1S/C18H27N7OS/c1-12-10-13(2)25(22-12)17-20-21-18(24(17)19)27-11-16(26)23-9-5-7-14-6-3-4-8-15(14)23/h10,14-15H,3-9,11,19H2,1-2H3. The average Bonchev–Trinajstić information content (AvgIpc) is 3.20. The molecular formula is C18H27N7OS. The van der Waals surface area contributed by atoms with Gasteiger partial charge in [-0.3, -0.25) is 4.79 Å². The lowest BCUT2D eigenvalue weighted by molar-refractivity contribution is -0.134. The van der Waals surface area contributed by atoms with Crippen LogP contribution in [0.25, 0.3) is 5.95 Å². The van der Waals surface area contributed by atoms with Crippen LogP contribution in [0.4, 0.5) is 0 Å². The molecule has 0 spiro atoms. The molecule has 2 atom stereocenters. The van der Waals surface area contributed by atoms with Gasteiger partial charge in [0.1, 0.15) is 0 Å². The van der Waals surface area contributed by atoms with E-state index in [0.717, 1.165) is 30.8 Å². The zero-order valence-corrected chi connectivity index (χ0v) is 16.8. The molecule has 0 radical (unpaired) electrons. The van der Waals surface area contributed by atoms with Crippen LogP contribution >= 0.6 is 11.8 Å². The van der Waals surface area contributed by atoms with Crippen molar-refractivity contribution in [2.45, 2.75) is 63.6 Å². The van der Waals surface area contributed by atoms with E-state index in [1.165, 1.54) is 42.1 Å². The zero-order valence-electron chi connectivity index (χ0n) is 16.0. The molecule has 2 N–H and O–H groups in total. The Morgan fingerprint density at radius 2 is 2.00 bits per heavy atom. The predicted molar refractivity (Wildman–Crippen MR) is 104 cm³/mol. The van der Waals surface area contributed by atoms with E-state index in [1.807, 2.05) is 19.9 Å². The van der Waals surface area contributed by atoms with E-state index >= 15 is 0 Å². The van der Waals surface area contributed by atoms with E-state index < -0.39 is 0 Å². The molecule has 0 bridgehead atoms. The normalized spacial score (nSPS) is 22.7. The molecule has 8 nitrogen and oxygen atoms in total. The van der Waals surface area contributed by atoms with Crippen molar-refractivity contribution in [3.63, 3.8) is 0 Å². The van der Waals surface area contributed by atoms with Crippen LogP contribution < -0.4 is 5.84 Å². The number of fused-ring (bicyclic) bond motifs is 1. The second kappa shape index (κ2) is 7.53. The molecule has 27 heavy (non-hydrogen) atoms. The fourth-order valence-corrected chi connectivity index (χ4v) is 5.22. The number of amides is 1. The number of nitrogens with zero attached hydrogens (tertiary/aromatic N) is 6. The molecule has 1 saturated heterocycles. The first-order valence-corrected chi connectivity index (χ1v) is 10.7. The quantitative estimate of drug-likeness (QED) is 0.635. The highest BCUT2D eigenvalue weighted by atomic mass is 32.2. The Kier molecular flexibility index (Phi) is 5.12. The highest BCUT2D eigenvalue weighted by molar-refractivity contribution is 7.99. The van der Waals surface area contributed by atoms with Gasteiger partial charge >= 0.3 is 0 Å². The summed E-state index contributed by atoms with van der Waals surface area (Å²) in [5, 5.41) is 13.2. The van der Waals surface area contributed by atoms with Crippen LogP contribution in [-0.2, 0) is 4.79 Å². The van der Waals surface area contributed by atoms with Gasteiger partial charge in [-0.15, -0.1) is 10.2 Å². The number of thioether (sulfide) groups is 1. The van der Waals surface area contributed by atoms with E-state index in [9.17, 15) is 4.79 Å². The Balaban J connectivity index is 1.43. The monoisotopic (exact) mass is 389 g/mol. The summed E-state index contributed by atoms with van der Waals surface area (Å²) in [4.78, 5) is 15.0. The van der Waals surface area contributed by atoms with Gasteiger partial charge in [0.2, 0.25) is 11.1 Å². The number of rotatable bonds is 4. The Hall–Kier alpha value is -2.03. The number of aromatic nitrogens is 5. The maximum Gasteiger partial charge on any atom is 0.271 e. The minimum absolute atomic E-state index is 0.187. The van der Waals surface area contributed by atoms with E-state index in [2.05, 4.69) is 20.2 Å². The van der Waals surface area contributed by atoms with Crippen molar-refractivity contribution >= 4 is 17.7 Å². The molecule has 2 fully saturated rings. The molecule has 146 valence electrons. The lowest BCUT2D eigenvalue weighted by Crippen LogP contribution is -2.50. The Labute approximate surface area is 163 Å². The number of piperidine rings is 1. The summed E-state index contributed by atoms with van der Waals surface area (Å²) in [6, 6.07) is 2.39. The fraction of sp³-hybridized carbons (Fsp3) is 0.667. The first kappa shape index (κ1) is 18.3. The predicted octanol–water partition coefficient (Wildman–Crippen LogP) is 2.07. The van der Waals surface area contributed by atoms with Crippen LogP contribution in [0.5, 0.6) is 0 Å². The number of nitrogens with two attached hydrogens (primary N) is 1. The smallest absolute Gasteiger partial charge is 0.271 e. The molecule has 0 aromatic carbocycles. The van der Waals surface area contributed by atoms with Gasteiger partial charge in [0.25, 0.3) is 5.95 Å². The Bertz CT molecular complexity index is 828. The van der Waals surface area contributed by atoms with Crippen molar-refractivity contribution in [3.8, 4) is 5.95 Å². The summed E-state index contributed by atoms with van der Waals surface area (Å²) in [6.07, 6.45) is 7.35. The summed E-state index contributed by atoms with van der Waals surface area (Å²) in [7, 11) is 0. The van der Waals surface area contributed by atoms with Gasteiger partial charge in [-0.25, -0.2) is 9.36 Å². The lowest BCUT2D eigenvalue weighted by Gasteiger charge is -2.44. The highest BCUT2D eigenvalue weighted by Gasteiger charge is 2.35. The minimum atomic E-state index is 0.187. The highest BCUT2D eigenvalue weighted by Crippen LogP contribution is 2.35. The van der Waals surface area contributed by atoms with Crippen molar-refractivity contribution in [3.05, 3.63) is 17.5 Å². The molecule has 4 rings (SSSR count). The largest absolute Gasteiger partial charge is 0.339 e. The van der Waals surface area contributed by atoms with Gasteiger partial charge < -0.3 is 10.7 Å². The van der Waals surface area contributed by atoms with Crippen molar-refractivity contribution in [2.75, 3.05) is 18.1 Å². The number of hydrogen-bond acceptors (Lipinski definition) is 6. The van der Waals surface area contributed by atoms with Crippen LogP contribution in [0.3, 0.4) is 0 Å². The summed E-state index contributed by atoms with van der Waals surface area (Å²) < 4.78 is 3.09. The lowest BCUT2D eigenvalue weighted by atomic mass is 9.78. The van der Waals surface area contributed by atoms with Crippen LogP contribution in [0.1, 0.15) is 49.9 Å². The molecule has 9 heteroatoms. The molecule has 2 aromatic heterocycles. The summed E-state index contributed by atoms with van der Waals surface area (Å²) in [5.41, 5.74) is 1.84. The van der Waals surface area contributed by atoms with Gasteiger partial charge in [0, 0.05) is 18.3 Å². The second-order valence-corrected chi connectivity index (χ2v) is 8.56. The van der Waals surface area contributed by atoms with Crippen molar-refractivity contribution in [2.24, 2.45) is 5.92 Å². The van der Waals surface area contributed by atoms with Crippen molar-refractivity contribution in [1.29, 1.82) is 0 Å². The van der Waals surface area contributed by atoms with E-state index in [0.29, 0.717) is 28.8 Å². The topological polar surface area (TPSA) is 94.9 Å². The first-order chi connectivity index (χ1) is 13.0. The molecule has 1 amide bonds. The maximum atomic E-state index is 12.9. The minimum Gasteiger partial charge on any atom is -0.339 e. The Morgan fingerprint density at radius 1 is 1.22 bits per heavy atom. The number of nitrogen functional groups attached to an aromatic ring is 1. The van der Waals surface area contributed by atoms with E-state index in [4.69, 9.17) is 5.84 Å². The number of likely N-dealkylation sites (tertiary alicyclic amines) is 1. The third-order valence-electron chi connectivity index (χ3n) is 5.73. The third kappa shape index (κ3) is 3.56. The molecular weight excluding hydrogens is 362 g/mol. The van der Waals surface area contributed by atoms with Gasteiger partial charge in [-0.05, 0) is 51.5 Å². The van der Waals surface area contributed by atoms with Crippen LogP contribution in [0.15, 0.2) is 11.2 Å². The van der Waals surface area contributed by atoms with Crippen LogP contribution in [0, 0.1) is 19.8 Å². The average molecular weight is 390 g/mol. The number of carbonyl (C=O) groups is 1. The molecule has 1 aliphatic heterocycles. The summed E-state index contributed by atoms with van der Waals surface area (Å²) in [6.45, 7) is 4.75. The van der Waals surface area contributed by atoms with Crippen molar-refractivity contribution in [1.82, 2.24) is 29.6 Å². The summed E-state index contributed by atoms with van der Waals surface area (Å²) >= 11 is 1.35. The fourth-order valence-electron chi connectivity index (χ4n) is 4.49. The van der Waals surface area contributed by atoms with Gasteiger partial charge in [0.05, 0.1) is 11.4 Å². The SMILES string of the molecule is Cc1cc(C)n(-c2nnc(SCC(=O)N3CCCC4CCCCC43)n2N)n1. The molecule has 3 heterocycles. The molecule has 2 aromatic rings. The zero-order chi connectivity index (χ0) is 19.0. The third-order valence-corrected chi connectivity index (χ3v) is 6.66. The molecule has 1 saturated carbocycles. The van der Waals surface area contributed by atoms with Crippen LogP contribution in [-0.4, -0.2) is 53.8 Å². The second-order valence-electron chi connectivity index (χ2n) is 7.62. The van der Waals surface area contributed by atoms with Gasteiger partial charge in [-0.1, -0.05) is 24.6 Å². The van der Waals surface area contributed by atoms with E-state index in [1.54, 1.807) is 4.68 Å².